The number of nitrogens with zero attached hydrogens (tertiary/aromatic N) is 1. The molecule has 0 saturated carbocycles. The van der Waals surface area contributed by atoms with Crippen LogP contribution in [0.15, 0.2) is 24.3 Å². The summed E-state index contributed by atoms with van der Waals surface area (Å²) in [5.41, 5.74) is 7.82. The van der Waals surface area contributed by atoms with Crippen LogP contribution in [0.3, 0.4) is 0 Å². The van der Waals surface area contributed by atoms with Crippen molar-refractivity contribution >= 4 is 17.7 Å². The van der Waals surface area contributed by atoms with Gasteiger partial charge in [-0.15, -0.1) is 0 Å². The van der Waals surface area contributed by atoms with Crippen LogP contribution in [0.1, 0.15) is 11.1 Å². The average molecular weight is 250 g/mol. The van der Waals surface area contributed by atoms with E-state index in [4.69, 9.17) is 5.73 Å². The van der Waals surface area contributed by atoms with E-state index in [1.807, 2.05) is 40.9 Å². The van der Waals surface area contributed by atoms with Crippen LogP contribution in [0.25, 0.3) is 0 Å². The smallest absolute Gasteiger partial charge is 0.227 e. The number of amides is 1. The largest absolute Gasteiger partial charge is 0.341 e. The molecule has 3 nitrogen and oxygen atoms in total. The van der Waals surface area contributed by atoms with Gasteiger partial charge in [-0.3, -0.25) is 4.79 Å². The van der Waals surface area contributed by atoms with E-state index in [2.05, 4.69) is 0 Å². The Morgan fingerprint density at radius 1 is 1.24 bits per heavy atom. The Morgan fingerprint density at radius 3 is 2.53 bits per heavy atom. The van der Waals surface area contributed by atoms with Crippen LogP contribution in [0.4, 0.5) is 0 Å². The summed E-state index contributed by atoms with van der Waals surface area (Å²) in [6.45, 7) is 2.27. The number of carbonyl (C=O) groups excluding carboxylic acids is 1. The van der Waals surface area contributed by atoms with Crippen LogP contribution in [0.5, 0.6) is 0 Å². The number of rotatable bonds is 3. The third-order valence-electron chi connectivity index (χ3n) is 3.04. The summed E-state index contributed by atoms with van der Waals surface area (Å²) in [7, 11) is 0. The van der Waals surface area contributed by atoms with E-state index in [0.29, 0.717) is 13.0 Å². The van der Waals surface area contributed by atoms with Gasteiger partial charge in [0.15, 0.2) is 0 Å². The highest BCUT2D eigenvalue weighted by Crippen LogP contribution is 2.13. The van der Waals surface area contributed by atoms with E-state index < -0.39 is 0 Å². The monoisotopic (exact) mass is 250 g/mol. The summed E-state index contributed by atoms with van der Waals surface area (Å²) in [4.78, 5) is 14.1. The summed E-state index contributed by atoms with van der Waals surface area (Å²) in [5.74, 6) is 2.35. The molecule has 0 aromatic heterocycles. The quantitative estimate of drug-likeness (QED) is 0.878. The predicted octanol–water partition coefficient (Wildman–Crippen LogP) is 1.26. The standard InChI is InChI=1S/C13H18N2OS/c14-10-12-4-2-1-3-11(12)9-13(16)15-5-7-17-8-6-15/h1-4H,5-10,14H2. The average Bonchev–Trinajstić information content (AvgIpc) is 2.40. The first-order chi connectivity index (χ1) is 8.31. The molecule has 1 aromatic carbocycles. The lowest BCUT2D eigenvalue weighted by molar-refractivity contribution is -0.130. The SMILES string of the molecule is NCc1ccccc1CC(=O)N1CCSCC1. The van der Waals surface area contributed by atoms with Gasteiger partial charge in [0.2, 0.25) is 5.91 Å². The zero-order valence-electron chi connectivity index (χ0n) is 9.89. The first-order valence-electron chi connectivity index (χ1n) is 5.93. The lowest BCUT2D eigenvalue weighted by Crippen LogP contribution is -2.38. The van der Waals surface area contributed by atoms with E-state index >= 15 is 0 Å². The Hall–Kier alpha value is -1.00. The van der Waals surface area contributed by atoms with E-state index in [1.54, 1.807) is 0 Å². The van der Waals surface area contributed by atoms with Gasteiger partial charge in [-0.05, 0) is 11.1 Å². The minimum absolute atomic E-state index is 0.228. The van der Waals surface area contributed by atoms with Crippen molar-refractivity contribution in [2.24, 2.45) is 5.73 Å². The number of hydrogen-bond donors (Lipinski definition) is 1. The van der Waals surface area contributed by atoms with Gasteiger partial charge in [-0.25, -0.2) is 0 Å². The maximum atomic E-state index is 12.1. The van der Waals surface area contributed by atoms with Gasteiger partial charge < -0.3 is 10.6 Å². The number of nitrogens with two attached hydrogens (primary N) is 1. The van der Waals surface area contributed by atoms with Crippen LogP contribution < -0.4 is 5.73 Å². The molecular formula is C13H18N2OS. The Morgan fingerprint density at radius 2 is 1.88 bits per heavy atom. The Kier molecular flexibility index (Phi) is 4.45. The highest BCUT2D eigenvalue weighted by atomic mass is 32.2. The van der Waals surface area contributed by atoms with Gasteiger partial charge in [0, 0.05) is 31.1 Å². The van der Waals surface area contributed by atoms with Crippen LogP contribution >= 0.6 is 11.8 Å². The fourth-order valence-corrected chi connectivity index (χ4v) is 2.92. The number of hydrogen-bond acceptors (Lipinski definition) is 3. The molecule has 1 aromatic rings. The van der Waals surface area contributed by atoms with Crippen molar-refractivity contribution in [2.45, 2.75) is 13.0 Å². The summed E-state index contributed by atoms with van der Waals surface area (Å²) in [6.07, 6.45) is 0.484. The summed E-state index contributed by atoms with van der Waals surface area (Å²) in [6, 6.07) is 7.93. The summed E-state index contributed by atoms with van der Waals surface area (Å²) < 4.78 is 0. The molecular weight excluding hydrogens is 232 g/mol. The molecule has 0 radical (unpaired) electrons. The Bertz CT molecular complexity index is 389. The molecule has 0 bridgehead atoms. The van der Waals surface area contributed by atoms with Crippen LogP contribution in [-0.2, 0) is 17.8 Å². The summed E-state index contributed by atoms with van der Waals surface area (Å²) >= 11 is 1.92. The van der Waals surface area contributed by atoms with Gasteiger partial charge >= 0.3 is 0 Å². The van der Waals surface area contributed by atoms with Crippen molar-refractivity contribution in [3.8, 4) is 0 Å². The van der Waals surface area contributed by atoms with E-state index in [-0.39, 0.29) is 5.91 Å². The molecule has 4 heteroatoms. The maximum absolute atomic E-state index is 12.1. The molecule has 0 aliphatic carbocycles. The van der Waals surface area contributed by atoms with Gasteiger partial charge in [0.05, 0.1) is 6.42 Å². The highest BCUT2D eigenvalue weighted by Gasteiger charge is 2.17. The van der Waals surface area contributed by atoms with Gasteiger partial charge in [0.25, 0.3) is 0 Å². The second kappa shape index (κ2) is 6.07. The van der Waals surface area contributed by atoms with Crippen LogP contribution in [0, 0.1) is 0 Å². The molecule has 0 unspecified atom stereocenters. The maximum Gasteiger partial charge on any atom is 0.227 e. The fourth-order valence-electron chi connectivity index (χ4n) is 2.02. The second-order valence-corrected chi connectivity index (χ2v) is 5.37. The molecule has 1 aliphatic rings. The van der Waals surface area contributed by atoms with Gasteiger partial charge in [-0.1, -0.05) is 24.3 Å². The molecule has 17 heavy (non-hydrogen) atoms. The van der Waals surface area contributed by atoms with Crippen molar-refractivity contribution in [3.63, 3.8) is 0 Å². The predicted molar refractivity (Wildman–Crippen MR) is 71.9 cm³/mol. The van der Waals surface area contributed by atoms with E-state index in [0.717, 1.165) is 35.7 Å². The topological polar surface area (TPSA) is 46.3 Å². The lowest BCUT2D eigenvalue weighted by atomic mass is 10.0. The number of benzene rings is 1. The zero-order valence-corrected chi connectivity index (χ0v) is 10.7. The third-order valence-corrected chi connectivity index (χ3v) is 3.99. The lowest BCUT2D eigenvalue weighted by Gasteiger charge is -2.26. The molecule has 1 heterocycles. The minimum Gasteiger partial charge on any atom is -0.341 e. The first kappa shape index (κ1) is 12.5. The van der Waals surface area contributed by atoms with Crippen molar-refractivity contribution in [2.75, 3.05) is 24.6 Å². The van der Waals surface area contributed by atoms with Crippen LogP contribution in [-0.4, -0.2) is 35.4 Å². The highest BCUT2D eigenvalue weighted by molar-refractivity contribution is 7.99. The Balaban J connectivity index is 2.01. The first-order valence-corrected chi connectivity index (χ1v) is 7.09. The van der Waals surface area contributed by atoms with E-state index in [9.17, 15) is 4.79 Å². The minimum atomic E-state index is 0.228. The van der Waals surface area contributed by atoms with Gasteiger partial charge in [0.1, 0.15) is 0 Å². The van der Waals surface area contributed by atoms with Crippen molar-refractivity contribution in [3.05, 3.63) is 35.4 Å². The van der Waals surface area contributed by atoms with Crippen molar-refractivity contribution in [1.29, 1.82) is 0 Å². The molecule has 2 N–H and O–H groups in total. The molecule has 1 amide bonds. The molecule has 92 valence electrons. The number of carbonyl (C=O) groups is 1. The van der Waals surface area contributed by atoms with Gasteiger partial charge in [-0.2, -0.15) is 11.8 Å². The van der Waals surface area contributed by atoms with Crippen LogP contribution in [0.2, 0.25) is 0 Å². The number of thioether (sulfide) groups is 1. The third kappa shape index (κ3) is 3.23. The Labute approximate surface area is 106 Å². The molecule has 1 aliphatic heterocycles. The van der Waals surface area contributed by atoms with E-state index in [1.165, 1.54) is 0 Å². The molecule has 1 fully saturated rings. The zero-order chi connectivity index (χ0) is 12.1. The molecule has 0 spiro atoms. The molecule has 2 rings (SSSR count). The van der Waals surface area contributed by atoms with Crippen molar-refractivity contribution < 1.29 is 4.79 Å². The normalized spacial score (nSPS) is 15.9. The molecule has 1 saturated heterocycles. The second-order valence-electron chi connectivity index (χ2n) is 4.14. The fraction of sp³-hybridized carbons (Fsp3) is 0.462. The summed E-state index contributed by atoms with van der Waals surface area (Å²) in [5, 5.41) is 0. The van der Waals surface area contributed by atoms with Crippen molar-refractivity contribution in [1.82, 2.24) is 4.90 Å². The molecule has 0 atom stereocenters.